The molecule has 1 saturated carbocycles. The van der Waals surface area contributed by atoms with E-state index in [0.29, 0.717) is 5.75 Å². The maximum Gasteiger partial charge on any atom is 0.433 e. The van der Waals surface area contributed by atoms with E-state index in [1.165, 1.54) is 6.07 Å². The maximum atomic E-state index is 12.4. The summed E-state index contributed by atoms with van der Waals surface area (Å²) in [5.74, 6) is 0.372. The Morgan fingerprint density at radius 1 is 1.27 bits per heavy atom. The molecule has 0 aromatic carbocycles. The lowest BCUT2D eigenvalue weighted by Crippen LogP contribution is -2.57. The molecule has 120 valence electrons. The molecule has 22 heavy (non-hydrogen) atoms. The second kappa shape index (κ2) is 5.44. The zero-order chi connectivity index (χ0) is 15.8. The van der Waals surface area contributed by atoms with Gasteiger partial charge in [-0.15, -0.1) is 0 Å². The fourth-order valence-electron chi connectivity index (χ4n) is 3.34. The normalized spacial score (nSPS) is 21.5. The van der Waals surface area contributed by atoms with Gasteiger partial charge in [-0.3, -0.25) is 4.79 Å². The average Bonchev–Trinajstić information content (AvgIpc) is 2.45. The molecule has 4 nitrogen and oxygen atoms in total. The Balaban J connectivity index is 1.52. The van der Waals surface area contributed by atoms with E-state index in [1.54, 1.807) is 4.90 Å². The van der Waals surface area contributed by atoms with Crippen molar-refractivity contribution in [3.05, 3.63) is 24.0 Å². The van der Waals surface area contributed by atoms with Crippen molar-refractivity contribution < 1.29 is 22.7 Å². The Labute approximate surface area is 126 Å². The van der Waals surface area contributed by atoms with E-state index in [-0.39, 0.29) is 11.5 Å². The predicted molar refractivity (Wildman–Crippen MR) is 72.2 cm³/mol. The van der Waals surface area contributed by atoms with Gasteiger partial charge in [0.25, 0.3) is 0 Å². The molecule has 1 amide bonds. The van der Waals surface area contributed by atoms with Gasteiger partial charge in [-0.25, -0.2) is 4.98 Å². The molecule has 2 aliphatic rings. The highest BCUT2D eigenvalue weighted by Crippen LogP contribution is 2.44. The largest absolute Gasteiger partial charge is 0.489 e. The van der Waals surface area contributed by atoms with E-state index in [4.69, 9.17) is 4.74 Å². The fraction of sp³-hybridized carbons (Fsp3) is 0.600. The van der Waals surface area contributed by atoms with Crippen LogP contribution >= 0.6 is 0 Å². The summed E-state index contributed by atoms with van der Waals surface area (Å²) in [4.78, 5) is 15.8. The number of halogens is 3. The molecule has 1 saturated heterocycles. The Hall–Kier alpha value is -1.79. The fourth-order valence-corrected chi connectivity index (χ4v) is 3.34. The van der Waals surface area contributed by atoms with Crippen LogP contribution in [-0.2, 0) is 11.0 Å². The van der Waals surface area contributed by atoms with Crippen LogP contribution < -0.4 is 4.74 Å². The summed E-state index contributed by atoms with van der Waals surface area (Å²) < 4.78 is 43.0. The Morgan fingerprint density at radius 3 is 2.45 bits per heavy atom. The molecule has 1 spiro atoms. The molecule has 0 N–H and O–H groups in total. The smallest absolute Gasteiger partial charge is 0.433 e. The minimum absolute atomic E-state index is 0.00874. The summed E-state index contributed by atoms with van der Waals surface area (Å²) in [6.07, 6.45) is 1.26. The lowest BCUT2D eigenvalue weighted by molar-refractivity contribution is -0.141. The summed E-state index contributed by atoms with van der Waals surface area (Å²) in [6, 6.07) is 2.26. The molecule has 0 radical (unpaired) electrons. The number of likely N-dealkylation sites (tertiary alicyclic amines) is 1. The number of pyridine rings is 1. The first-order chi connectivity index (χ1) is 10.4. The van der Waals surface area contributed by atoms with Gasteiger partial charge in [0, 0.05) is 18.5 Å². The number of hydrogen-bond donors (Lipinski definition) is 0. The van der Waals surface area contributed by atoms with Crippen LogP contribution in [0, 0.1) is 5.41 Å². The number of alkyl halides is 3. The number of carbonyl (C=O) groups excluding carboxylic acids is 1. The zero-order valence-corrected chi connectivity index (χ0v) is 12.0. The average molecular weight is 314 g/mol. The van der Waals surface area contributed by atoms with E-state index in [1.807, 2.05) is 0 Å². The number of carbonyl (C=O) groups is 1. The number of amides is 1. The van der Waals surface area contributed by atoms with Crippen molar-refractivity contribution in [2.45, 2.75) is 38.0 Å². The molecule has 1 aliphatic carbocycles. The van der Waals surface area contributed by atoms with Crippen LogP contribution in [0.15, 0.2) is 18.3 Å². The number of nitrogens with zero attached hydrogens (tertiary/aromatic N) is 2. The highest BCUT2D eigenvalue weighted by Gasteiger charge is 2.45. The molecule has 0 unspecified atom stereocenters. The first-order valence-corrected chi connectivity index (χ1v) is 7.30. The van der Waals surface area contributed by atoms with Crippen LogP contribution in [-0.4, -0.2) is 35.5 Å². The molecule has 7 heteroatoms. The van der Waals surface area contributed by atoms with Crippen LogP contribution in [0.2, 0.25) is 0 Å². The summed E-state index contributed by atoms with van der Waals surface area (Å²) in [5.41, 5.74) is -0.676. The second-order valence-electron chi connectivity index (χ2n) is 6.20. The van der Waals surface area contributed by atoms with E-state index in [9.17, 15) is 18.0 Å². The number of rotatable bonds is 3. The first-order valence-electron chi connectivity index (χ1n) is 7.30. The van der Waals surface area contributed by atoms with E-state index in [0.717, 1.165) is 57.4 Å². The lowest BCUT2D eigenvalue weighted by Gasteiger charge is -2.52. The standard InChI is InChI=1S/C15H17F3N2O2/c16-15(17,18)13-2-1-12(7-19-13)22-11-3-5-14(6-4-11)8-20(9-14)10-21/h1-2,7,10-11H,3-6,8-9H2. The third-order valence-electron chi connectivity index (χ3n) is 4.55. The van der Waals surface area contributed by atoms with Gasteiger partial charge in [-0.1, -0.05) is 0 Å². The van der Waals surface area contributed by atoms with Gasteiger partial charge in [0.1, 0.15) is 11.4 Å². The third-order valence-corrected chi connectivity index (χ3v) is 4.55. The van der Waals surface area contributed by atoms with Gasteiger partial charge in [-0.2, -0.15) is 13.2 Å². The van der Waals surface area contributed by atoms with Crippen molar-refractivity contribution in [2.24, 2.45) is 5.41 Å². The summed E-state index contributed by atoms with van der Waals surface area (Å²) in [7, 11) is 0. The van der Waals surface area contributed by atoms with Crippen molar-refractivity contribution in [2.75, 3.05) is 13.1 Å². The number of aromatic nitrogens is 1. The third kappa shape index (κ3) is 3.03. The first kappa shape index (κ1) is 15.1. The monoisotopic (exact) mass is 314 g/mol. The predicted octanol–water partition coefficient (Wildman–Crippen LogP) is 2.88. The topological polar surface area (TPSA) is 42.4 Å². The Morgan fingerprint density at radius 2 is 1.95 bits per heavy atom. The minimum atomic E-state index is -4.43. The second-order valence-corrected chi connectivity index (χ2v) is 6.20. The molecule has 2 fully saturated rings. The van der Waals surface area contributed by atoms with Gasteiger partial charge >= 0.3 is 6.18 Å². The Kier molecular flexibility index (Phi) is 3.74. The van der Waals surface area contributed by atoms with E-state index in [2.05, 4.69) is 4.98 Å². The van der Waals surface area contributed by atoms with Crippen molar-refractivity contribution in [1.29, 1.82) is 0 Å². The SMILES string of the molecule is O=CN1CC2(CCC(Oc3ccc(C(F)(F)F)nc3)CC2)C1. The van der Waals surface area contributed by atoms with Gasteiger partial charge in [-0.05, 0) is 37.8 Å². The number of hydrogen-bond acceptors (Lipinski definition) is 3. The molecule has 2 heterocycles. The molecule has 3 rings (SSSR count). The molecular formula is C15H17F3N2O2. The minimum Gasteiger partial charge on any atom is -0.489 e. The van der Waals surface area contributed by atoms with Gasteiger partial charge in [0.15, 0.2) is 0 Å². The highest BCUT2D eigenvalue weighted by atomic mass is 19.4. The van der Waals surface area contributed by atoms with Crippen LogP contribution in [0.25, 0.3) is 0 Å². The van der Waals surface area contributed by atoms with Crippen LogP contribution in [0.5, 0.6) is 5.75 Å². The Bertz CT molecular complexity index is 529. The van der Waals surface area contributed by atoms with Crippen molar-refractivity contribution in [3.63, 3.8) is 0 Å². The van der Waals surface area contributed by atoms with E-state index < -0.39 is 11.9 Å². The van der Waals surface area contributed by atoms with Gasteiger partial charge < -0.3 is 9.64 Å². The van der Waals surface area contributed by atoms with Gasteiger partial charge in [0.05, 0.1) is 12.3 Å². The molecule has 0 atom stereocenters. The maximum absolute atomic E-state index is 12.4. The number of ether oxygens (including phenoxy) is 1. The van der Waals surface area contributed by atoms with Gasteiger partial charge in [0.2, 0.25) is 6.41 Å². The van der Waals surface area contributed by atoms with Crippen LogP contribution in [0.4, 0.5) is 13.2 Å². The molecule has 0 bridgehead atoms. The van der Waals surface area contributed by atoms with Crippen molar-refractivity contribution in [1.82, 2.24) is 9.88 Å². The molecular weight excluding hydrogens is 297 g/mol. The molecule has 1 aromatic rings. The van der Waals surface area contributed by atoms with Crippen molar-refractivity contribution in [3.8, 4) is 5.75 Å². The summed E-state index contributed by atoms with van der Waals surface area (Å²) in [5, 5.41) is 0. The van der Waals surface area contributed by atoms with E-state index >= 15 is 0 Å². The van der Waals surface area contributed by atoms with Crippen LogP contribution in [0.1, 0.15) is 31.4 Å². The zero-order valence-electron chi connectivity index (χ0n) is 12.0. The summed E-state index contributed by atoms with van der Waals surface area (Å²) >= 11 is 0. The molecule has 1 aromatic heterocycles. The van der Waals surface area contributed by atoms with Crippen LogP contribution in [0.3, 0.4) is 0 Å². The molecule has 1 aliphatic heterocycles. The highest BCUT2D eigenvalue weighted by molar-refractivity contribution is 5.49. The lowest BCUT2D eigenvalue weighted by atomic mass is 9.68. The quantitative estimate of drug-likeness (QED) is 0.806. The van der Waals surface area contributed by atoms with Crippen molar-refractivity contribution >= 4 is 6.41 Å². The summed E-state index contributed by atoms with van der Waals surface area (Å²) in [6.45, 7) is 1.62.